The van der Waals surface area contributed by atoms with Crippen molar-refractivity contribution >= 4 is 34.8 Å². The van der Waals surface area contributed by atoms with Crippen LogP contribution in [0.15, 0.2) is 24.3 Å². The van der Waals surface area contributed by atoms with Crippen molar-refractivity contribution in [2.24, 2.45) is 0 Å². The van der Waals surface area contributed by atoms with Gasteiger partial charge in [-0.25, -0.2) is 0 Å². The number of rotatable bonds is 8. The van der Waals surface area contributed by atoms with Gasteiger partial charge in [0.05, 0.1) is 6.10 Å². The number of thioether (sulfide) groups is 1. The van der Waals surface area contributed by atoms with Crippen LogP contribution in [0.5, 0.6) is 5.75 Å². The molecule has 1 aromatic rings. The van der Waals surface area contributed by atoms with Crippen LogP contribution in [-0.2, 0) is 0 Å². The first-order valence-electron chi connectivity index (χ1n) is 9.06. The number of thiocarbonyl (C=S) groups is 1. The number of ether oxygens (including phenoxy) is 1. The summed E-state index contributed by atoms with van der Waals surface area (Å²) < 4.78 is 5.64. The van der Waals surface area contributed by atoms with Crippen LogP contribution >= 0.6 is 24.0 Å². The van der Waals surface area contributed by atoms with Gasteiger partial charge in [0.1, 0.15) is 5.75 Å². The Hall–Kier alpha value is -0.940. The maximum atomic E-state index is 5.64. The van der Waals surface area contributed by atoms with Crippen LogP contribution in [0.3, 0.4) is 0 Å². The lowest BCUT2D eigenvalue weighted by atomic mass is 10.0. The first-order valence-corrected chi connectivity index (χ1v) is 10.5. The first kappa shape index (κ1) is 19.4. The van der Waals surface area contributed by atoms with E-state index in [1.807, 2.05) is 38.1 Å². The fourth-order valence-electron chi connectivity index (χ4n) is 2.82. The lowest BCUT2D eigenvalue weighted by Gasteiger charge is -2.20. The summed E-state index contributed by atoms with van der Waals surface area (Å²) in [6.07, 6.45) is 8.45. The number of benzene rings is 1. The minimum atomic E-state index is 0.193. The van der Waals surface area contributed by atoms with Gasteiger partial charge in [0.2, 0.25) is 0 Å². The fourth-order valence-corrected chi connectivity index (χ4v) is 4.35. The number of hydrogen-bond donors (Lipinski definition) is 2. The Labute approximate surface area is 156 Å². The highest BCUT2D eigenvalue weighted by Crippen LogP contribution is 2.28. The van der Waals surface area contributed by atoms with Crippen molar-refractivity contribution in [2.75, 3.05) is 17.6 Å². The average Bonchev–Trinajstić information content (AvgIpc) is 2.57. The van der Waals surface area contributed by atoms with Gasteiger partial charge < -0.3 is 15.4 Å². The first-order chi connectivity index (χ1) is 11.6. The standard InChI is InChI=1S/C19H30N2OS2/c1-15(2)22-17-11-9-16(10-12-17)21-19(23)20-13-6-14-24-18-7-4-3-5-8-18/h9-12,15,18H,3-8,13-14H2,1-2H3,(H2,20,21,23). The van der Waals surface area contributed by atoms with Crippen LogP contribution in [0.1, 0.15) is 52.4 Å². The van der Waals surface area contributed by atoms with Gasteiger partial charge in [-0.1, -0.05) is 19.3 Å². The molecule has 24 heavy (non-hydrogen) atoms. The second-order valence-corrected chi connectivity index (χ2v) is 8.37. The van der Waals surface area contributed by atoms with Crippen LogP contribution in [0.25, 0.3) is 0 Å². The molecule has 1 aliphatic carbocycles. The molecule has 1 fully saturated rings. The van der Waals surface area contributed by atoms with E-state index in [1.54, 1.807) is 0 Å². The number of anilines is 1. The summed E-state index contributed by atoms with van der Waals surface area (Å²) in [5.41, 5.74) is 0.986. The van der Waals surface area contributed by atoms with Gasteiger partial charge in [-0.3, -0.25) is 0 Å². The normalized spacial score (nSPS) is 15.3. The largest absolute Gasteiger partial charge is 0.491 e. The van der Waals surface area contributed by atoms with Crippen molar-refractivity contribution < 1.29 is 4.74 Å². The lowest BCUT2D eigenvalue weighted by molar-refractivity contribution is 0.242. The zero-order valence-corrected chi connectivity index (χ0v) is 16.5. The van der Waals surface area contributed by atoms with E-state index in [0.29, 0.717) is 5.11 Å². The van der Waals surface area contributed by atoms with Crippen LogP contribution in [0.2, 0.25) is 0 Å². The van der Waals surface area contributed by atoms with E-state index in [4.69, 9.17) is 17.0 Å². The molecule has 1 aromatic carbocycles. The molecule has 0 heterocycles. The van der Waals surface area contributed by atoms with E-state index in [0.717, 1.165) is 29.7 Å². The highest BCUT2D eigenvalue weighted by molar-refractivity contribution is 7.99. The van der Waals surface area contributed by atoms with Crippen molar-refractivity contribution in [3.8, 4) is 5.75 Å². The Morgan fingerprint density at radius 2 is 1.92 bits per heavy atom. The molecule has 0 aliphatic heterocycles. The predicted octanol–water partition coefficient (Wildman–Crippen LogP) is 5.22. The molecule has 0 bridgehead atoms. The highest BCUT2D eigenvalue weighted by Gasteiger charge is 2.12. The summed E-state index contributed by atoms with van der Waals surface area (Å²) in [5, 5.41) is 8.10. The third kappa shape index (κ3) is 7.75. The highest BCUT2D eigenvalue weighted by atomic mass is 32.2. The van der Waals surface area contributed by atoms with Crippen LogP contribution < -0.4 is 15.4 Å². The smallest absolute Gasteiger partial charge is 0.170 e. The van der Waals surface area contributed by atoms with Crippen LogP contribution in [-0.4, -0.2) is 28.8 Å². The SMILES string of the molecule is CC(C)Oc1ccc(NC(=S)NCCCSC2CCCCC2)cc1. The molecule has 5 heteroatoms. The van der Waals surface area contributed by atoms with Crippen molar-refractivity contribution in [3.63, 3.8) is 0 Å². The molecular weight excluding hydrogens is 336 g/mol. The molecule has 1 aliphatic rings. The Kier molecular flexibility index (Phi) is 8.75. The summed E-state index contributed by atoms with van der Waals surface area (Å²) in [6, 6.07) is 7.91. The van der Waals surface area contributed by atoms with Gasteiger partial charge in [0.25, 0.3) is 0 Å². The average molecular weight is 367 g/mol. The van der Waals surface area contributed by atoms with E-state index in [2.05, 4.69) is 22.4 Å². The van der Waals surface area contributed by atoms with Gasteiger partial charge in [0, 0.05) is 17.5 Å². The van der Waals surface area contributed by atoms with Crippen LogP contribution in [0.4, 0.5) is 5.69 Å². The Morgan fingerprint density at radius 1 is 1.21 bits per heavy atom. The molecular formula is C19H30N2OS2. The minimum absolute atomic E-state index is 0.193. The molecule has 0 aromatic heterocycles. The van der Waals surface area contributed by atoms with Gasteiger partial charge in [-0.2, -0.15) is 11.8 Å². The van der Waals surface area contributed by atoms with Gasteiger partial charge in [0.15, 0.2) is 5.11 Å². The van der Waals surface area contributed by atoms with Crippen molar-refractivity contribution in [2.45, 2.75) is 63.7 Å². The van der Waals surface area contributed by atoms with Crippen molar-refractivity contribution in [1.82, 2.24) is 5.32 Å². The zero-order valence-electron chi connectivity index (χ0n) is 14.8. The van der Waals surface area contributed by atoms with E-state index in [-0.39, 0.29) is 6.10 Å². The van der Waals surface area contributed by atoms with E-state index in [1.165, 1.54) is 37.9 Å². The molecule has 0 atom stereocenters. The summed E-state index contributed by atoms with van der Waals surface area (Å²) >= 11 is 7.50. The van der Waals surface area contributed by atoms with Gasteiger partial charge in [-0.05, 0) is 75.3 Å². The second kappa shape index (κ2) is 10.8. The third-order valence-corrected chi connectivity index (χ3v) is 5.71. The molecule has 0 spiro atoms. The van der Waals surface area contributed by atoms with Gasteiger partial charge >= 0.3 is 0 Å². The molecule has 1 saturated carbocycles. The van der Waals surface area contributed by atoms with Crippen LogP contribution in [0, 0.1) is 0 Å². The minimum Gasteiger partial charge on any atom is -0.491 e. The maximum Gasteiger partial charge on any atom is 0.170 e. The molecule has 0 unspecified atom stereocenters. The summed E-state index contributed by atoms with van der Waals surface area (Å²) in [5.74, 6) is 2.11. The Balaban J connectivity index is 1.57. The zero-order chi connectivity index (χ0) is 17.2. The molecule has 3 nitrogen and oxygen atoms in total. The monoisotopic (exact) mass is 366 g/mol. The Morgan fingerprint density at radius 3 is 2.58 bits per heavy atom. The number of hydrogen-bond acceptors (Lipinski definition) is 3. The topological polar surface area (TPSA) is 33.3 Å². The van der Waals surface area contributed by atoms with E-state index >= 15 is 0 Å². The van der Waals surface area contributed by atoms with E-state index < -0.39 is 0 Å². The predicted molar refractivity (Wildman–Crippen MR) is 110 cm³/mol. The summed E-state index contributed by atoms with van der Waals surface area (Å²) in [6.45, 7) is 4.98. The van der Waals surface area contributed by atoms with Crippen molar-refractivity contribution in [3.05, 3.63) is 24.3 Å². The summed E-state index contributed by atoms with van der Waals surface area (Å²) in [7, 11) is 0. The maximum absolute atomic E-state index is 5.64. The quantitative estimate of drug-likeness (QED) is 0.487. The van der Waals surface area contributed by atoms with Crippen molar-refractivity contribution in [1.29, 1.82) is 0 Å². The third-order valence-electron chi connectivity index (χ3n) is 4.00. The molecule has 134 valence electrons. The molecule has 0 radical (unpaired) electrons. The van der Waals surface area contributed by atoms with Gasteiger partial charge in [-0.15, -0.1) is 0 Å². The molecule has 0 saturated heterocycles. The second-order valence-electron chi connectivity index (χ2n) is 6.56. The Bertz CT molecular complexity index is 485. The molecule has 2 rings (SSSR count). The number of nitrogens with one attached hydrogen (secondary N) is 2. The molecule has 2 N–H and O–H groups in total. The summed E-state index contributed by atoms with van der Waals surface area (Å²) in [4.78, 5) is 0. The van der Waals surface area contributed by atoms with E-state index in [9.17, 15) is 0 Å². The lowest BCUT2D eigenvalue weighted by Crippen LogP contribution is -2.29. The fraction of sp³-hybridized carbons (Fsp3) is 0.632. The molecule has 0 amide bonds.